The van der Waals surface area contributed by atoms with Crippen LogP contribution in [0.15, 0.2) is 0 Å². The number of rotatable bonds is 3. The molecule has 1 fully saturated rings. The van der Waals surface area contributed by atoms with Crippen molar-refractivity contribution < 1.29 is 9.90 Å². The van der Waals surface area contributed by atoms with Crippen LogP contribution in [0.3, 0.4) is 0 Å². The van der Waals surface area contributed by atoms with Crippen LogP contribution in [0.5, 0.6) is 0 Å². The van der Waals surface area contributed by atoms with Crippen LogP contribution < -0.4 is 5.73 Å². The summed E-state index contributed by atoms with van der Waals surface area (Å²) in [5, 5.41) is 8.53. The summed E-state index contributed by atoms with van der Waals surface area (Å²) in [5.41, 5.74) is 5.80. The van der Waals surface area contributed by atoms with Crippen molar-refractivity contribution >= 4 is 5.97 Å². The Bertz CT molecular complexity index is 184. The van der Waals surface area contributed by atoms with Crippen LogP contribution in [0.1, 0.15) is 26.2 Å². The average Bonchev–Trinajstić information content (AvgIpc) is 2.02. The van der Waals surface area contributed by atoms with E-state index in [4.69, 9.17) is 10.8 Å². The van der Waals surface area contributed by atoms with E-state index >= 15 is 0 Å². The third kappa shape index (κ3) is 3.32. The van der Waals surface area contributed by atoms with Gasteiger partial charge in [-0.3, -0.25) is 9.69 Å². The molecule has 0 aromatic carbocycles. The van der Waals surface area contributed by atoms with Gasteiger partial charge in [0.2, 0.25) is 0 Å². The molecular formula is C9H18N2O2. The van der Waals surface area contributed by atoms with Gasteiger partial charge in [0.25, 0.3) is 0 Å². The summed E-state index contributed by atoms with van der Waals surface area (Å²) in [4.78, 5) is 12.6. The van der Waals surface area contributed by atoms with E-state index in [0.29, 0.717) is 18.6 Å². The van der Waals surface area contributed by atoms with E-state index in [2.05, 4.69) is 11.8 Å². The molecule has 13 heavy (non-hydrogen) atoms. The lowest BCUT2D eigenvalue weighted by Gasteiger charge is -2.35. The van der Waals surface area contributed by atoms with Gasteiger partial charge >= 0.3 is 5.97 Å². The lowest BCUT2D eigenvalue weighted by molar-refractivity contribution is -0.137. The summed E-state index contributed by atoms with van der Waals surface area (Å²) >= 11 is 0. The largest absolute Gasteiger partial charge is 0.481 e. The molecule has 3 N–H and O–H groups in total. The summed E-state index contributed by atoms with van der Waals surface area (Å²) in [6.45, 7) is 3.71. The van der Waals surface area contributed by atoms with E-state index in [-0.39, 0.29) is 6.42 Å². The highest BCUT2D eigenvalue weighted by Crippen LogP contribution is 2.15. The zero-order valence-corrected chi connectivity index (χ0v) is 8.07. The van der Waals surface area contributed by atoms with Crippen LogP contribution in [0.25, 0.3) is 0 Å². The number of nitrogens with zero attached hydrogens (tertiary/aromatic N) is 1. The van der Waals surface area contributed by atoms with E-state index in [1.54, 1.807) is 0 Å². The van der Waals surface area contributed by atoms with Crippen LogP contribution in [0.2, 0.25) is 0 Å². The fourth-order valence-corrected chi connectivity index (χ4v) is 1.83. The van der Waals surface area contributed by atoms with Gasteiger partial charge in [-0.15, -0.1) is 0 Å². The molecule has 1 heterocycles. The Morgan fingerprint density at radius 3 is 2.92 bits per heavy atom. The van der Waals surface area contributed by atoms with Crippen molar-refractivity contribution in [3.8, 4) is 0 Å². The first-order chi connectivity index (χ1) is 6.09. The lowest BCUT2D eigenvalue weighted by atomic mass is 9.99. The van der Waals surface area contributed by atoms with Crippen LogP contribution in [0, 0.1) is 0 Å². The van der Waals surface area contributed by atoms with E-state index in [1.807, 2.05) is 0 Å². The van der Waals surface area contributed by atoms with E-state index in [9.17, 15) is 4.79 Å². The van der Waals surface area contributed by atoms with Crippen molar-refractivity contribution in [1.82, 2.24) is 4.90 Å². The molecule has 0 aliphatic carbocycles. The molecule has 2 atom stereocenters. The molecule has 1 saturated heterocycles. The number of carbonyl (C=O) groups is 1. The van der Waals surface area contributed by atoms with Gasteiger partial charge in [-0.25, -0.2) is 0 Å². The van der Waals surface area contributed by atoms with Crippen LogP contribution >= 0.6 is 0 Å². The molecule has 1 aliphatic rings. The van der Waals surface area contributed by atoms with E-state index in [0.717, 1.165) is 19.4 Å². The minimum atomic E-state index is -0.720. The molecule has 4 heteroatoms. The topological polar surface area (TPSA) is 66.6 Å². The Balaban J connectivity index is 2.29. The number of hydrogen-bond donors (Lipinski definition) is 2. The molecule has 4 nitrogen and oxygen atoms in total. The van der Waals surface area contributed by atoms with Crippen LogP contribution in [0.4, 0.5) is 0 Å². The van der Waals surface area contributed by atoms with Crippen LogP contribution in [-0.2, 0) is 4.79 Å². The Hall–Kier alpha value is -0.610. The average molecular weight is 186 g/mol. The Morgan fingerprint density at radius 2 is 2.38 bits per heavy atom. The van der Waals surface area contributed by atoms with Gasteiger partial charge in [0, 0.05) is 18.6 Å². The highest BCUT2D eigenvalue weighted by atomic mass is 16.4. The summed E-state index contributed by atoms with van der Waals surface area (Å²) in [6.07, 6.45) is 2.21. The molecule has 0 bridgehead atoms. The molecule has 0 aromatic heterocycles. The highest BCUT2D eigenvalue weighted by Gasteiger charge is 2.22. The maximum Gasteiger partial charge on any atom is 0.304 e. The first-order valence-corrected chi connectivity index (χ1v) is 4.81. The lowest BCUT2D eigenvalue weighted by Crippen LogP contribution is -2.46. The SMILES string of the molecule is CC1CC(N)CCN1CCC(=O)O. The zero-order valence-electron chi connectivity index (χ0n) is 8.07. The maximum atomic E-state index is 10.4. The molecular weight excluding hydrogens is 168 g/mol. The number of carboxylic acid groups (broad SMARTS) is 1. The molecule has 1 rings (SSSR count). The minimum absolute atomic E-state index is 0.236. The van der Waals surface area contributed by atoms with Crippen LogP contribution in [-0.4, -0.2) is 41.1 Å². The van der Waals surface area contributed by atoms with Crippen molar-refractivity contribution in [1.29, 1.82) is 0 Å². The quantitative estimate of drug-likeness (QED) is 0.664. The predicted molar refractivity (Wildman–Crippen MR) is 50.5 cm³/mol. The van der Waals surface area contributed by atoms with Crippen molar-refractivity contribution in [2.75, 3.05) is 13.1 Å². The first-order valence-electron chi connectivity index (χ1n) is 4.81. The molecule has 0 amide bonds. The molecule has 2 unspecified atom stereocenters. The zero-order chi connectivity index (χ0) is 9.84. The second-order valence-corrected chi connectivity index (χ2v) is 3.81. The second kappa shape index (κ2) is 4.58. The summed E-state index contributed by atoms with van der Waals surface area (Å²) in [6, 6.07) is 0.735. The molecule has 76 valence electrons. The van der Waals surface area contributed by atoms with Crippen molar-refractivity contribution in [3.05, 3.63) is 0 Å². The van der Waals surface area contributed by atoms with E-state index in [1.165, 1.54) is 0 Å². The fourth-order valence-electron chi connectivity index (χ4n) is 1.83. The minimum Gasteiger partial charge on any atom is -0.481 e. The second-order valence-electron chi connectivity index (χ2n) is 3.81. The van der Waals surface area contributed by atoms with E-state index < -0.39 is 5.97 Å². The Kier molecular flexibility index (Phi) is 3.69. The van der Waals surface area contributed by atoms with Gasteiger partial charge in [-0.05, 0) is 26.3 Å². The van der Waals surface area contributed by atoms with Gasteiger partial charge in [0.15, 0.2) is 0 Å². The summed E-state index contributed by atoms with van der Waals surface area (Å²) in [7, 11) is 0. The smallest absolute Gasteiger partial charge is 0.304 e. The molecule has 1 aliphatic heterocycles. The first kappa shape index (κ1) is 10.5. The third-order valence-electron chi connectivity index (χ3n) is 2.67. The maximum absolute atomic E-state index is 10.4. The van der Waals surface area contributed by atoms with Crippen molar-refractivity contribution in [2.24, 2.45) is 5.73 Å². The number of piperidine rings is 1. The van der Waals surface area contributed by atoms with Gasteiger partial charge in [0.05, 0.1) is 6.42 Å². The van der Waals surface area contributed by atoms with Crippen molar-refractivity contribution in [3.63, 3.8) is 0 Å². The van der Waals surface area contributed by atoms with Gasteiger partial charge in [-0.1, -0.05) is 0 Å². The predicted octanol–water partition coefficient (Wildman–Crippen LogP) is 0.273. The third-order valence-corrected chi connectivity index (χ3v) is 2.67. The van der Waals surface area contributed by atoms with Gasteiger partial charge < -0.3 is 10.8 Å². The van der Waals surface area contributed by atoms with Gasteiger partial charge in [-0.2, -0.15) is 0 Å². The Morgan fingerprint density at radius 1 is 1.69 bits per heavy atom. The molecule has 0 radical (unpaired) electrons. The van der Waals surface area contributed by atoms with Crippen molar-refractivity contribution in [2.45, 2.75) is 38.3 Å². The Labute approximate surface area is 78.7 Å². The standard InChI is InChI=1S/C9H18N2O2/c1-7-6-8(10)2-4-11(7)5-3-9(12)13/h7-8H,2-6,10H2,1H3,(H,12,13). The fraction of sp³-hybridized carbons (Fsp3) is 0.889. The molecule has 0 saturated carbocycles. The number of carboxylic acids is 1. The number of nitrogens with two attached hydrogens (primary N) is 1. The monoisotopic (exact) mass is 186 g/mol. The number of hydrogen-bond acceptors (Lipinski definition) is 3. The normalized spacial score (nSPS) is 30.3. The molecule has 0 spiro atoms. The summed E-state index contributed by atoms with van der Waals surface area (Å²) in [5.74, 6) is -0.720. The summed E-state index contributed by atoms with van der Waals surface area (Å²) < 4.78 is 0. The highest BCUT2D eigenvalue weighted by molar-refractivity contribution is 5.66. The van der Waals surface area contributed by atoms with Gasteiger partial charge in [0.1, 0.15) is 0 Å². The number of likely N-dealkylation sites (tertiary alicyclic amines) is 1. The number of aliphatic carboxylic acids is 1. The molecule has 0 aromatic rings.